The topological polar surface area (TPSA) is 119 Å². The van der Waals surface area contributed by atoms with Gasteiger partial charge in [-0.3, -0.25) is 9.59 Å². The molecule has 9 heteroatoms. The van der Waals surface area contributed by atoms with Crippen molar-refractivity contribution < 1.29 is 23.2 Å². The molecule has 56 heavy (non-hydrogen) atoms. The number of benzene rings is 4. The van der Waals surface area contributed by atoms with Crippen LogP contribution in [-0.2, 0) is 23.1 Å². The third-order valence-corrected chi connectivity index (χ3v) is 12.8. The van der Waals surface area contributed by atoms with Gasteiger partial charge in [-0.2, -0.15) is 0 Å². The molecule has 1 aliphatic carbocycles. The normalized spacial score (nSPS) is 21.9. The van der Waals surface area contributed by atoms with Crippen LogP contribution in [0.25, 0.3) is 28.3 Å². The molecule has 11 rings (SSSR count). The molecule has 6 heterocycles. The molecule has 0 saturated heterocycles. The van der Waals surface area contributed by atoms with Crippen LogP contribution >= 0.6 is 0 Å². The number of para-hydroxylation sites is 1. The molecule has 278 valence electrons. The Morgan fingerprint density at radius 2 is 1.75 bits per heavy atom. The fourth-order valence-corrected chi connectivity index (χ4v) is 9.76. The molecule has 1 amide bonds. The van der Waals surface area contributed by atoms with Crippen LogP contribution in [-0.4, -0.2) is 27.9 Å². The SMILES string of the molecule is Cc1cc(C(=O)CC2Cc3ccc4c(c3)C35c6cccc(c6N[C@H]3O4)-c3cccc4c3C(=CC4)c3cnc(o3)-c3nc(oc35)[C@H](C(C)C)NC2=O)cc(C)c1C. The molecule has 5 aliphatic rings. The second-order valence-corrected chi connectivity index (χ2v) is 16.4. The van der Waals surface area contributed by atoms with Crippen molar-refractivity contribution in [2.75, 3.05) is 5.32 Å². The lowest BCUT2D eigenvalue weighted by molar-refractivity contribution is -0.126. The number of hydrogen-bond acceptors (Lipinski definition) is 8. The summed E-state index contributed by atoms with van der Waals surface area (Å²) in [6.45, 7) is 10.2. The highest BCUT2D eigenvalue weighted by atomic mass is 16.5. The number of hydrogen-bond donors (Lipinski definition) is 2. The van der Waals surface area contributed by atoms with Crippen molar-refractivity contribution in [3.63, 3.8) is 0 Å². The number of aromatic nitrogens is 2. The molecule has 9 nitrogen and oxygen atoms in total. The van der Waals surface area contributed by atoms with Gasteiger partial charge in [0, 0.05) is 45.9 Å². The molecule has 10 bridgehead atoms. The Kier molecular flexibility index (Phi) is 6.89. The summed E-state index contributed by atoms with van der Waals surface area (Å²) in [6.07, 6.45) is 4.58. The monoisotopic (exact) mass is 740 g/mol. The van der Waals surface area contributed by atoms with E-state index in [-0.39, 0.29) is 24.0 Å². The zero-order valence-corrected chi connectivity index (χ0v) is 31.9. The van der Waals surface area contributed by atoms with Gasteiger partial charge in [-0.25, -0.2) is 9.97 Å². The Bertz CT molecular complexity index is 2730. The van der Waals surface area contributed by atoms with Gasteiger partial charge in [-0.15, -0.1) is 0 Å². The zero-order valence-electron chi connectivity index (χ0n) is 31.9. The van der Waals surface area contributed by atoms with Gasteiger partial charge in [-0.1, -0.05) is 68.5 Å². The standard InChI is InChI=1S/C47H40N4O5/c1-22(2)39-45-50-41-42(56-45)47-33-11-7-10-31(30-9-6-8-27-13-14-32(38(27)30)37-21-48-44(41)54-37)40(33)51-46(47)55-36-15-12-26(19-34(36)47)18-29(43(53)49-39)20-35(52)28-16-23(3)25(5)24(4)17-28/h6-12,14-17,19,21-22,29,39,46,51H,13,18,20H2,1-5H3,(H,49,53)/t29?,39-,46-,47?/m0/s1. The molecule has 0 radical (unpaired) electrons. The lowest BCUT2D eigenvalue weighted by Gasteiger charge is -2.28. The van der Waals surface area contributed by atoms with Crippen LogP contribution in [0, 0.1) is 32.6 Å². The van der Waals surface area contributed by atoms with Gasteiger partial charge >= 0.3 is 0 Å². The Morgan fingerprint density at radius 1 is 0.946 bits per heavy atom. The van der Waals surface area contributed by atoms with E-state index in [2.05, 4.69) is 66.1 Å². The Labute approximate surface area is 324 Å². The molecule has 0 fully saturated rings. The molecule has 2 aromatic heterocycles. The molecular weight excluding hydrogens is 701 g/mol. The van der Waals surface area contributed by atoms with Crippen molar-refractivity contribution in [1.82, 2.24) is 15.3 Å². The van der Waals surface area contributed by atoms with E-state index in [0.29, 0.717) is 46.7 Å². The summed E-state index contributed by atoms with van der Waals surface area (Å²) in [5.41, 5.74) is 12.6. The third-order valence-electron chi connectivity index (χ3n) is 12.8. The fraction of sp³-hybridized carbons (Fsp3) is 0.277. The van der Waals surface area contributed by atoms with Gasteiger partial charge < -0.3 is 24.2 Å². The number of nitrogens with one attached hydrogen (secondary N) is 2. The molecule has 2 N–H and O–H groups in total. The molecular formula is C47H40N4O5. The molecule has 4 aliphatic heterocycles. The smallest absolute Gasteiger partial charge is 0.249 e. The van der Waals surface area contributed by atoms with E-state index in [1.165, 1.54) is 5.56 Å². The van der Waals surface area contributed by atoms with Crippen LogP contribution < -0.4 is 15.4 Å². The third kappa shape index (κ3) is 4.48. The molecule has 2 unspecified atom stereocenters. The van der Waals surface area contributed by atoms with Gasteiger partial charge in [0.1, 0.15) is 17.2 Å². The number of amides is 1. The second-order valence-electron chi connectivity index (χ2n) is 16.4. The maximum Gasteiger partial charge on any atom is 0.249 e. The van der Waals surface area contributed by atoms with E-state index in [1.54, 1.807) is 6.20 Å². The number of aryl methyl sites for hydroxylation is 2. The second kappa shape index (κ2) is 11.6. The highest BCUT2D eigenvalue weighted by Crippen LogP contribution is 2.61. The van der Waals surface area contributed by atoms with Crippen molar-refractivity contribution in [3.05, 3.63) is 146 Å². The number of fused-ring (bicyclic) bond motifs is 7. The van der Waals surface area contributed by atoms with Crippen molar-refractivity contribution in [2.45, 2.75) is 71.6 Å². The number of rotatable bonds is 4. The first kappa shape index (κ1) is 33.1. The van der Waals surface area contributed by atoms with E-state index < -0.39 is 23.6 Å². The predicted octanol–water partition coefficient (Wildman–Crippen LogP) is 8.96. The molecule has 1 spiro atoms. The van der Waals surface area contributed by atoms with Crippen molar-refractivity contribution >= 4 is 23.0 Å². The fourth-order valence-electron chi connectivity index (χ4n) is 9.76. The maximum absolute atomic E-state index is 14.5. The number of carbonyl (C=O) groups excluding carboxylic acids is 2. The van der Waals surface area contributed by atoms with E-state index in [1.807, 2.05) is 52.0 Å². The summed E-state index contributed by atoms with van der Waals surface area (Å²) < 4.78 is 20.7. The van der Waals surface area contributed by atoms with Crippen molar-refractivity contribution in [1.29, 1.82) is 0 Å². The van der Waals surface area contributed by atoms with Crippen molar-refractivity contribution in [3.8, 4) is 28.5 Å². The largest absolute Gasteiger partial charge is 0.469 e. The van der Waals surface area contributed by atoms with Gasteiger partial charge in [0.25, 0.3) is 0 Å². The van der Waals surface area contributed by atoms with Crippen molar-refractivity contribution in [2.24, 2.45) is 11.8 Å². The maximum atomic E-state index is 14.5. The van der Waals surface area contributed by atoms with E-state index >= 15 is 0 Å². The number of carbonyl (C=O) groups is 2. The summed E-state index contributed by atoms with van der Waals surface area (Å²) in [7, 11) is 0. The summed E-state index contributed by atoms with van der Waals surface area (Å²) >= 11 is 0. The minimum Gasteiger partial charge on any atom is -0.469 e. The Hall–Kier alpha value is -6.22. The van der Waals surface area contributed by atoms with Crippen LogP contribution in [0.1, 0.15) is 98.6 Å². The summed E-state index contributed by atoms with van der Waals surface area (Å²) in [6, 6.07) is 22.3. The Morgan fingerprint density at radius 3 is 2.57 bits per heavy atom. The molecule has 6 aromatic rings. The summed E-state index contributed by atoms with van der Waals surface area (Å²) in [5.74, 6) is 1.51. The van der Waals surface area contributed by atoms with Crippen LogP contribution in [0.15, 0.2) is 87.8 Å². The number of ether oxygens (including phenoxy) is 1. The van der Waals surface area contributed by atoms with Crippen LogP contribution in [0.2, 0.25) is 0 Å². The highest BCUT2D eigenvalue weighted by molar-refractivity contribution is 5.99. The lowest BCUT2D eigenvalue weighted by Crippen LogP contribution is -2.40. The van der Waals surface area contributed by atoms with E-state index in [4.69, 9.17) is 23.5 Å². The summed E-state index contributed by atoms with van der Waals surface area (Å²) in [5, 5.41) is 7.13. The average molecular weight is 741 g/mol. The summed E-state index contributed by atoms with van der Waals surface area (Å²) in [4.78, 5) is 38.6. The zero-order chi connectivity index (χ0) is 38.2. The predicted molar refractivity (Wildman–Crippen MR) is 212 cm³/mol. The minimum absolute atomic E-state index is 0.0477. The number of nitrogens with zero attached hydrogens (tertiary/aromatic N) is 2. The number of allylic oxidation sites excluding steroid dienone is 1. The first-order valence-electron chi connectivity index (χ1n) is 19.5. The van der Waals surface area contributed by atoms with E-state index in [0.717, 1.165) is 67.8 Å². The van der Waals surface area contributed by atoms with Crippen LogP contribution in [0.3, 0.4) is 0 Å². The number of ketones is 1. The van der Waals surface area contributed by atoms with Gasteiger partial charge in [0.2, 0.25) is 17.7 Å². The first-order valence-corrected chi connectivity index (χ1v) is 19.5. The van der Waals surface area contributed by atoms with Gasteiger partial charge in [0.05, 0.1) is 6.20 Å². The van der Waals surface area contributed by atoms with Crippen LogP contribution in [0.4, 0.5) is 5.69 Å². The average Bonchev–Trinajstić information content (AvgIpc) is 4.01. The highest BCUT2D eigenvalue weighted by Gasteiger charge is 2.61. The quantitative estimate of drug-likeness (QED) is 0.172. The number of anilines is 1. The van der Waals surface area contributed by atoms with E-state index in [9.17, 15) is 9.59 Å². The Balaban J connectivity index is 1.16. The van der Waals surface area contributed by atoms with Gasteiger partial charge in [0.15, 0.2) is 29.2 Å². The molecule has 4 atom stereocenters. The van der Waals surface area contributed by atoms with Gasteiger partial charge in [-0.05, 0) is 96.7 Å². The molecule has 4 aromatic carbocycles. The first-order chi connectivity index (χ1) is 27.1. The number of Topliss-reactive ketones (excluding diaryl/α,β-unsaturated/α-hetero) is 1. The lowest BCUT2D eigenvalue weighted by atomic mass is 9.71. The number of oxazole rings is 2. The molecule has 0 saturated carbocycles. The van der Waals surface area contributed by atoms with Crippen LogP contribution in [0.5, 0.6) is 5.75 Å². The minimum atomic E-state index is -1.01.